The Labute approximate surface area is 382 Å². The van der Waals surface area contributed by atoms with E-state index in [9.17, 15) is 52.7 Å². The number of carbonyl (C=O) groups excluding carboxylic acids is 11. The largest absolute Gasteiger partial charge is 0.463 e. The van der Waals surface area contributed by atoms with Crippen LogP contribution < -0.4 is 5.32 Å². The predicted molar refractivity (Wildman–Crippen MR) is 208 cm³/mol. The molecule has 15 unspecified atom stereocenters. The minimum absolute atomic E-state index is 0.687. The predicted octanol–water partition coefficient (Wildman–Crippen LogP) is -1.72. The van der Waals surface area contributed by atoms with Gasteiger partial charge >= 0.3 is 59.7 Å². The van der Waals surface area contributed by atoms with Gasteiger partial charge in [-0.3, -0.25) is 52.7 Å². The quantitative estimate of drug-likeness (QED) is 0.118. The summed E-state index contributed by atoms with van der Waals surface area (Å²) >= 11 is 0. The van der Waals surface area contributed by atoms with E-state index in [1.54, 1.807) is 0 Å². The fourth-order valence-electron chi connectivity index (χ4n) is 7.12. The second-order valence-electron chi connectivity index (χ2n) is 15.0. The van der Waals surface area contributed by atoms with Crippen molar-refractivity contribution >= 4 is 65.6 Å². The highest BCUT2D eigenvalue weighted by Crippen LogP contribution is 2.38. The number of nitrogens with one attached hydrogen (secondary N) is 1. The van der Waals surface area contributed by atoms with Gasteiger partial charge < -0.3 is 76.4 Å². The number of amides is 1. The third-order valence-electron chi connectivity index (χ3n) is 9.23. The van der Waals surface area contributed by atoms with Gasteiger partial charge in [0.05, 0.1) is 0 Å². The van der Waals surface area contributed by atoms with E-state index in [1.165, 1.54) is 0 Å². The van der Waals surface area contributed by atoms with Crippen LogP contribution in [0, 0.1) is 0 Å². The van der Waals surface area contributed by atoms with Gasteiger partial charge in [0, 0.05) is 76.2 Å². The zero-order valence-electron chi connectivity index (χ0n) is 38.4. The van der Waals surface area contributed by atoms with Crippen LogP contribution in [-0.4, -0.2) is 177 Å². The molecule has 0 saturated carbocycles. The fourth-order valence-corrected chi connectivity index (χ4v) is 7.12. The van der Waals surface area contributed by atoms with Crippen molar-refractivity contribution in [2.24, 2.45) is 0 Å². The van der Waals surface area contributed by atoms with Gasteiger partial charge in [0.2, 0.25) is 18.3 Å². The lowest BCUT2D eigenvalue weighted by molar-refractivity contribution is -0.374. The van der Waals surface area contributed by atoms with Crippen molar-refractivity contribution in [3.8, 4) is 0 Å². The molecule has 27 heteroatoms. The Morgan fingerprint density at radius 3 is 1.04 bits per heavy atom. The van der Waals surface area contributed by atoms with Gasteiger partial charge in [-0.25, -0.2) is 0 Å². The summed E-state index contributed by atoms with van der Waals surface area (Å²) in [6.07, 6.45) is -25.2. The summed E-state index contributed by atoms with van der Waals surface area (Å²) in [6, 6.07) is -1.67. The standard InChI is InChI=1S/C40H55NO26/c1-15(42)41-29-33(58-21(7)48)30(56-19(5)46)26(12-53-16(2)43)63-38(29)67-35-31(57-20(6)47)27(13-54-17(3)44)65-40(37(35)61-24(10)51)66-32-28(14-55-18(4)45)64-39(62-25(11)52)36(60-23(9)50)34(32)59-22(8)49/h26-40H,12-14H2,1-11H3,(H,41,42). The van der Waals surface area contributed by atoms with Gasteiger partial charge in [0.1, 0.15) is 56.4 Å². The fraction of sp³-hybridized carbons (Fsp3) is 0.725. The maximum Gasteiger partial charge on any atom is 0.305 e. The van der Waals surface area contributed by atoms with E-state index < -0.39 is 177 Å². The lowest BCUT2D eigenvalue weighted by Gasteiger charge is -2.50. The van der Waals surface area contributed by atoms with Gasteiger partial charge in [-0.1, -0.05) is 0 Å². The first-order valence-corrected chi connectivity index (χ1v) is 20.4. The average Bonchev–Trinajstić information content (AvgIpc) is 3.17. The molecule has 3 saturated heterocycles. The Hall–Kier alpha value is -6.03. The first-order chi connectivity index (χ1) is 31.3. The second kappa shape index (κ2) is 25.2. The molecule has 0 radical (unpaired) electrons. The van der Waals surface area contributed by atoms with Crippen molar-refractivity contribution in [3.63, 3.8) is 0 Å². The van der Waals surface area contributed by atoms with Crippen molar-refractivity contribution in [1.82, 2.24) is 5.32 Å². The molecule has 0 aromatic rings. The van der Waals surface area contributed by atoms with Crippen LogP contribution in [-0.2, 0) is 124 Å². The molecule has 376 valence electrons. The first-order valence-electron chi connectivity index (χ1n) is 20.4. The van der Waals surface area contributed by atoms with Gasteiger partial charge in [-0.05, 0) is 0 Å². The van der Waals surface area contributed by atoms with Gasteiger partial charge in [0.25, 0.3) is 0 Å². The molecular formula is C40H55NO26. The molecule has 15 atom stereocenters. The molecule has 3 fully saturated rings. The summed E-state index contributed by atoms with van der Waals surface area (Å²) in [7, 11) is 0. The number of ether oxygens (including phenoxy) is 15. The first kappa shape index (κ1) is 55.3. The van der Waals surface area contributed by atoms with Crippen LogP contribution in [0.2, 0.25) is 0 Å². The Morgan fingerprint density at radius 2 is 0.642 bits per heavy atom. The average molecular weight is 966 g/mol. The summed E-state index contributed by atoms with van der Waals surface area (Å²) < 4.78 is 85.4. The Bertz CT molecular complexity index is 1850. The van der Waals surface area contributed by atoms with E-state index in [0.717, 1.165) is 76.2 Å². The summed E-state index contributed by atoms with van der Waals surface area (Å²) in [5, 5.41) is 2.50. The Kier molecular flexibility index (Phi) is 20.8. The number of esters is 10. The number of hydrogen-bond donors (Lipinski definition) is 1. The molecule has 0 spiro atoms. The molecule has 3 aliphatic rings. The minimum Gasteiger partial charge on any atom is -0.463 e. The van der Waals surface area contributed by atoms with E-state index in [2.05, 4.69) is 5.32 Å². The summed E-state index contributed by atoms with van der Waals surface area (Å²) in [6.45, 7) is 8.77. The third-order valence-corrected chi connectivity index (χ3v) is 9.23. The lowest BCUT2D eigenvalue weighted by atomic mass is 9.94. The van der Waals surface area contributed by atoms with E-state index >= 15 is 0 Å². The van der Waals surface area contributed by atoms with Crippen LogP contribution >= 0.6 is 0 Å². The number of carbonyl (C=O) groups is 11. The zero-order valence-corrected chi connectivity index (χ0v) is 38.4. The molecule has 67 heavy (non-hydrogen) atoms. The van der Waals surface area contributed by atoms with Crippen molar-refractivity contribution in [2.45, 2.75) is 168 Å². The van der Waals surface area contributed by atoms with E-state index in [4.69, 9.17) is 71.1 Å². The van der Waals surface area contributed by atoms with E-state index in [1.807, 2.05) is 0 Å². The summed E-state index contributed by atoms with van der Waals surface area (Å²) in [5.74, 6) is -10.3. The van der Waals surface area contributed by atoms with Gasteiger partial charge in [-0.2, -0.15) is 0 Å². The highest BCUT2D eigenvalue weighted by atomic mass is 16.8. The lowest BCUT2D eigenvalue weighted by Crippen LogP contribution is -2.70. The molecule has 27 nitrogen and oxygen atoms in total. The van der Waals surface area contributed by atoms with E-state index in [0.29, 0.717) is 0 Å². The molecule has 1 amide bonds. The normalized spacial score (nSPS) is 31.2. The summed E-state index contributed by atoms with van der Waals surface area (Å²) in [5.41, 5.74) is 0. The molecule has 3 aliphatic heterocycles. The van der Waals surface area contributed by atoms with Crippen molar-refractivity contribution < 1.29 is 124 Å². The van der Waals surface area contributed by atoms with Crippen LogP contribution in [0.4, 0.5) is 0 Å². The number of rotatable bonds is 18. The molecule has 3 heterocycles. The molecule has 0 aliphatic carbocycles. The third kappa shape index (κ3) is 17.0. The molecule has 3 rings (SSSR count). The topological polar surface area (TPSA) is 338 Å². The highest BCUT2D eigenvalue weighted by molar-refractivity contribution is 5.74. The Morgan fingerprint density at radius 1 is 0.328 bits per heavy atom. The van der Waals surface area contributed by atoms with Crippen molar-refractivity contribution in [1.29, 1.82) is 0 Å². The van der Waals surface area contributed by atoms with Crippen LogP contribution in [0.3, 0.4) is 0 Å². The van der Waals surface area contributed by atoms with Crippen LogP contribution in [0.1, 0.15) is 76.2 Å². The zero-order chi connectivity index (χ0) is 50.4. The van der Waals surface area contributed by atoms with Crippen LogP contribution in [0.25, 0.3) is 0 Å². The minimum atomic E-state index is -2.08. The molecule has 1 N–H and O–H groups in total. The highest BCUT2D eigenvalue weighted by Gasteiger charge is 2.60. The summed E-state index contributed by atoms with van der Waals surface area (Å²) in [4.78, 5) is 137. The number of hydrogen-bond acceptors (Lipinski definition) is 26. The van der Waals surface area contributed by atoms with Crippen molar-refractivity contribution in [3.05, 3.63) is 0 Å². The Balaban J connectivity index is 2.37. The van der Waals surface area contributed by atoms with E-state index in [-0.39, 0.29) is 0 Å². The smallest absolute Gasteiger partial charge is 0.305 e. The maximum absolute atomic E-state index is 13.0. The maximum atomic E-state index is 13.0. The monoisotopic (exact) mass is 965 g/mol. The SMILES string of the molecule is CC(=O)NC1C(OC2C(OC(C)=O)C(COC(C)=O)OC(OC3C(COC(C)=O)OC(OC(C)=O)C(OC(C)=O)C3OC(C)=O)C2OC(C)=O)OC(COC(C)=O)C(OC(C)=O)C1OC(C)=O. The second-order valence-corrected chi connectivity index (χ2v) is 15.0. The molecule has 0 aromatic heterocycles. The molecule has 0 aromatic carbocycles. The van der Waals surface area contributed by atoms with Crippen LogP contribution in [0.15, 0.2) is 0 Å². The molecular weight excluding hydrogens is 910 g/mol. The van der Waals surface area contributed by atoms with Gasteiger partial charge in [-0.15, -0.1) is 0 Å². The van der Waals surface area contributed by atoms with Crippen LogP contribution in [0.5, 0.6) is 0 Å². The van der Waals surface area contributed by atoms with Gasteiger partial charge in [0.15, 0.2) is 43.1 Å². The molecule has 0 bridgehead atoms. The van der Waals surface area contributed by atoms with Crippen molar-refractivity contribution in [2.75, 3.05) is 19.8 Å².